The van der Waals surface area contributed by atoms with Gasteiger partial charge in [0.2, 0.25) is 0 Å². The fourth-order valence-electron chi connectivity index (χ4n) is 0.866. The van der Waals surface area contributed by atoms with Crippen LogP contribution in [0.1, 0.15) is 16.8 Å². The van der Waals surface area contributed by atoms with E-state index in [0.29, 0.717) is 0 Å². The molecule has 0 unspecified atom stereocenters. The Morgan fingerprint density at radius 2 is 2.14 bits per heavy atom. The Morgan fingerprint density at radius 3 is 2.64 bits per heavy atom. The van der Waals surface area contributed by atoms with Crippen molar-refractivity contribution in [1.29, 1.82) is 5.26 Å². The molecular weight excluding hydrogens is 246 g/mol. The van der Waals surface area contributed by atoms with Crippen molar-refractivity contribution in [2.45, 2.75) is 6.42 Å². The number of ketones is 1. The van der Waals surface area contributed by atoms with Crippen molar-refractivity contribution < 1.29 is 4.79 Å². The van der Waals surface area contributed by atoms with Gasteiger partial charge in [0.25, 0.3) is 0 Å². The number of Topliss-reactive ketones (excluding diaryl/α,β-unsaturated/α-hetero) is 1. The van der Waals surface area contributed by atoms with Gasteiger partial charge in [0.1, 0.15) is 10.3 Å². The molecule has 0 aliphatic heterocycles. The van der Waals surface area contributed by atoms with Gasteiger partial charge in [-0.3, -0.25) is 4.79 Å². The molecule has 0 aliphatic carbocycles. The largest absolute Gasteiger partial charge is 0.293 e. The lowest BCUT2D eigenvalue weighted by Crippen LogP contribution is -2.01. The molecule has 1 heterocycles. The molecule has 72 valence electrons. The van der Waals surface area contributed by atoms with E-state index in [1.807, 2.05) is 0 Å². The molecule has 0 saturated heterocycles. The van der Waals surface area contributed by atoms with Crippen molar-refractivity contribution in [3.8, 4) is 6.07 Å². The first-order chi connectivity index (χ1) is 6.56. The van der Waals surface area contributed by atoms with Crippen LogP contribution in [0.25, 0.3) is 0 Å². The summed E-state index contributed by atoms with van der Waals surface area (Å²) < 4.78 is 0. The van der Waals surface area contributed by atoms with Gasteiger partial charge in [-0.05, 0) is 6.07 Å². The van der Waals surface area contributed by atoms with Crippen molar-refractivity contribution in [3.05, 3.63) is 27.0 Å². The van der Waals surface area contributed by atoms with Crippen LogP contribution in [-0.4, -0.2) is 10.8 Å². The molecule has 0 fully saturated rings. The molecule has 1 rings (SSSR count). The van der Waals surface area contributed by atoms with E-state index in [-0.39, 0.29) is 27.3 Å². The van der Waals surface area contributed by atoms with Gasteiger partial charge in [0.05, 0.1) is 23.1 Å². The van der Waals surface area contributed by atoms with Crippen LogP contribution >= 0.6 is 34.8 Å². The van der Waals surface area contributed by atoms with Gasteiger partial charge in [-0.1, -0.05) is 34.8 Å². The average Bonchev–Trinajstić information content (AvgIpc) is 2.01. The minimum absolute atomic E-state index is 0.0410. The van der Waals surface area contributed by atoms with Crippen LogP contribution in [0.4, 0.5) is 0 Å². The van der Waals surface area contributed by atoms with E-state index in [1.165, 1.54) is 6.07 Å². The molecule has 0 aromatic carbocycles. The topological polar surface area (TPSA) is 53.8 Å². The second kappa shape index (κ2) is 4.61. The zero-order chi connectivity index (χ0) is 10.7. The van der Waals surface area contributed by atoms with E-state index in [9.17, 15) is 4.79 Å². The van der Waals surface area contributed by atoms with E-state index in [0.717, 1.165) is 0 Å². The first-order valence-electron chi connectivity index (χ1n) is 3.48. The SMILES string of the molecule is N#CCC(=O)c1c(Cl)cc(Cl)nc1Cl. The fourth-order valence-corrected chi connectivity index (χ4v) is 1.80. The Bertz CT molecular complexity index is 402. The van der Waals surface area contributed by atoms with E-state index in [1.54, 1.807) is 6.07 Å². The third-order valence-corrected chi connectivity index (χ3v) is 2.18. The zero-order valence-electron chi connectivity index (χ0n) is 6.72. The summed E-state index contributed by atoms with van der Waals surface area (Å²) in [6.07, 6.45) is -0.289. The van der Waals surface area contributed by atoms with Crippen molar-refractivity contribution in [2.75, 3.05) is 0 Å². The van der Waals surface area contributed by atoms with E-state index < -0.39 is 5.78 Å². The van der Waals surface area contributed by atoms with Gasteiger partial charge in [-0.2, -0.15) is 5.26 Å². The van der Waals surface area contributed by atoms with E-state index in [4.69, 9.17) is 40.1 Å². The number of hydrogen-bond acceptors (Lipinski definition) is 3. The first kappa shape index (κ1) is 11.3. The number of hydrogen-bond donors (Lipinski definition) is 0. The highest BCUT2D eigenvalue weighted by molar-refractivity contribution is 6.41. The maximum Gasteiger partial charge on any atom is 0.181 e. The van der Waals surface area contributed by atoms with Gasteiger partial charge in [0, 0.05) is 0 Å². The van der Waals surface area contributed by atoms with Crippen molar-refractivity contribution >= 4 is 40.6 Å². The van der Waals surface area contributed by atoms with Crippen LogP contribution in [0, 0.1) is 11.3 Å². The molecule has 0 bridgehead atoms. The summed E-state index contributed by atoms with van der Waals surface area (Å²) in [4.78, 5) is 15.0. The summed E-state index contributed by atoms with van der Waals surface area (Å²) in [6, 6.07) is 3.01. The second-order valence-corrected chi connectivity index (χ2v) is 3.50. The molecular formula is C8H3Cl3N2O. The molecule has 6 heteroatoms. The first-order valence-corrected chi connectivity index (χ1v) is 4.61. The molecule has 0 N–H and O–H groups in total. The zero-order valence-corrected chi connectivity index (χ0v) is 8.99. The standard InChI is InChI=1S/C8H3Cl3N2O/c9-4-3-6(10)13-8(11)7(4)5(14)1-2-12/h3H,1H2. The predicted octanol–water partition coefficient (Wildman–Crippen LogP) is 3.14. The maximum atomic E-state index is 11.3. The lowest BCUT2D eigenvalue weighted by Gasteiger charge is -2.02. The summed E-state index contributed by atoms with van der Waals surface area (Å²) in [6.45, 7) is 0. The quantitative estimate of drug-likeness (QED) is 0.597. The highest BCUT2D eigenvalue weighted by atomic mass is 35.5. The van der Waals surface area contributed by atoms with Gasteiger partial charge in [-0.25, -0.2) is 4.98 Å². The summed E-state index contributed by atoms with van der Waals surface area (Å²) >= 11 is 16.9. The van der Waals surface area contributed by atoms with Crippen LogP contribution in [0.3, 0.4) is 0 Å². The molecule has 0 saturated carbocycles. The molecule has 14 heavy (non-hydrogen) atoms. The number of halogens is 3. The molecule has 0 atom stereocenters. The van der Waals surface area contributed by atoms with Gasteiger partial charge >= 0.3 is 0 Å². The van der Waals surface area contributed by atoms with Crippen molar-refractivity contribution in [1.82, 2.24) is 4.98 Å². The fraction of sp³-hybridized carbons (Fsp3) is 0.125. The Morgan fingerprint density at radius 1 is 1.50 bits per heavy atom. The summed E-state index contributed by atoms with van der Waals surface area (Å²) in [5.74, 6) is -0.466. The third kappa shape index (κ3) is 2.36. The molecule has 0 aliphatic rings. The number of aromatic nitrogens is 1. The third-order valence-electron chi connectivity index (χ3n) is 1.41. The van der Waals surface area contributed by atoms with E-state index in [2.05, 4.69) is 4.98 Å². The minimum atomic E-state index is -0.466. The van der Waals surface area contributed by atoms with Crippen LogP contribution in [0.2, 0.25) is 15.3 Å². The highest BCUT2D eigenvalue weighted by Gasteiger charge is 2.16. The van der Waals surface area contributed by atoms with Crippen LogP contribution in [0.15, 0.2) is 6.07 Å². The van der Waals surface area contributed by atoms with Gasteiger partial charge < -0.3 is 0 Å². The predicted molar refractivity (Wildman–Crippen MR) is 53.8 cm³/mol. The summed E-state index contributed by atoms with van der Waals surface area (Å²) in [5.41, 5.74) is 0.0410. The van der Waals surface area contributed by atoms with Crippen molar-refractivity contribution in [3.63, 3.8) is 0 Å². The van der Waals surface area contributed by atoms with Crippen LogP contribution in [0.5, 0.6) is 0 Å². The van der Waals surface area contributed by atoms with Crippen LogP contribution < -0.4 is 0 Å². The van der Waals surface area contributed by atoms with Gasteiger partial charge in [0.15, 0.2) is 5.78 Å². The summed E-state index contributed by atoms with van der Waals surface area (Å²) in [7, 11) is 0. The number of nitrogens with zero attached hydrogens (tertiary/aromatic N) is 2. The van der Waals surface area contributed by atoms with Crippen LogP contribution in [-0.2, 0) is 0 Å². The normalized spacial score (nSPS) is 9.57. The Hall–Kier alpha value is -0.820. The smallest absolute Gasteiger partial charge is 0.181 e. The molecule has 1 aromatic heterocycles. The minimum Gasteiger partial charge on any atom is -0.293 e. The average molecular weight is 249 g/mol. The number of carbonyl (C=O) groups is 1. The Labute approximate surface area is 95.2 Å². The lowest BCUT2D eigenvalue weighted by atomic mass is 10.1. The lowest BCUT2D eigenvalue weighted by molar-refractivity contribution is 0.0997. The highest BCUT2D eigenvalue weighted by Crippen LogP contribution is 2.26. The number of rotatable bonds is 2. The Balaban J connectivity index is 3.22. The molecule has 3 nitrogen and oxygen atoms in total. The monoisotopic (exact) mass is 248 g/mol. The number of pyridine rings is 1. The maximum absolute atomic E-state index is 11.3. The molecule has 1 aromatic rings. The van der Waals surface area contributed by atoms with Crippen molar-refractivity contribution in [2.24, 2.45) is 0 Å². The molecule has 0 amide bonds. The van der Waals surface area contributed by atoms with E-state index >= 15 is 0 Å². The number of nitriles is 1. The molecule has 0 radical (unpaired) electrons. The number of carbonyl (C=O) groups excluding carboxylic acids is 1. The molecule has 0 spiro atoms. The van der Waals surface area contributed by atoms with Gasteiger partial charge in [-0.15, -0.1) is 0 Å². The second-order valence-electron chi connectivity index (χ2n) is 2.35. The Kier molecular flexibility index (Phi) is 3.70. The summed E-state index contributed by atoms with van der Waals surface area (Å²) in [5, 5.41) is 8.46.